The summed E-state index contributed by atoms with van der Waals surface area (Å²) in [6, 6.07) is 2.84. The monoisotopic (exact) mass is 590 g/mol. The van der Waals surface area contributed by atoms with Gasteiger partial charge in [-0.05, 0) is 50.0 Å². The molecule has 39 heavy (non-hydrogen) atoms. The van der Waals surface area contributed by atoms with Crippen molar-refractivity contribution in [2.75, 3.05) is 24.7 Å². The minimum absolute atomic E-state index is 0.00446. The molecule has 3 aliphatic heterocycles. The van der Waals surface area contributed by atoms with Gasteiger partial charge >= 0.3 is 0 Å². The van der Waals surface area contributed by atoms with E-state index in [0.717, 1.165) is 4.90 Å². The van der Waals surface area contributed by atoms with Crippen molar-refractivity contribution in [2.45, 2.75) is 56.2 Å². The van der Waals surface area contributed by atoms with Gasteiger partial charge in [0.2, 0.25) is 32.7 Å². The Bertz CT molecular complexity index is 1280. The number of nitrogens with one attached hydrogen (secondary N) is 3. The number of fused-ring (bicyclic) bond motifs is 3. The van der Waals surface area contributed by atoms with Crippen LogP contribution < -0.4 is 16.0 Å². The quantitative estimate of drug-likeness (QED) is 0.406. The molecule has 3 heterocycles. The molecule has 0 radical (unpaired) electrons. The number of carbonyl (C=O) groups excluding carboxylic acids is 3. The maximum Gasteiger partial charge on any atom is 0.255 e. The van der Waals surface area contributed by atoms with Crippen LogP contribution in [0.2, 0.25) is 5.02 Å². The molecule has 5 rings (SSSR count). The molecule has 2 bridgehead atoms. The number of alkyl halides is 2. The van der Waals surface area contributed by atoms with Crippen LogP contribution in [0.1, 0.15) is 32.1 Å². The number of hydrogen-bond donors (Lipinski definition) is 3. The standard InChI is InChI=1S/C25H30ClF3N4O5S/c1-39(37,38)20(27)11-17(9-14-7-8-30-23(14)35)32-24(36)22-19-6-5-18(12-25(19,28)29)33(22)21(34)13-31-16-4-2-3-15(26)10-16/h2-4,10-11,14,17-19,22,31H,5-9,12-13H2,1H3,(H,30,35)(H,32,36)/b20-11+/t14-,17+,18-,19-,22-/m1/s1. The Balaban J connectivity index is 1.58. The topological polar surface area (TPSA) is 125 Å². The lowest BCUT2D eigenvalue weighted by Crippen LogP contribution is -2.69. The number of carbonyl (C=O) groups is 3. The van der Waals surface area contributed by atoms with Crippen molar-refractivity contribution in [2.24, 2.45) is 11.8 Å². The number of nitrogens with zero attached hydrogens (tertiary/aromatic N) is 1. The number of rotatable bonds is 9. The van der Waals surface area contributed by atoms with E-state index in [1.807, 2.05) is 0 Å². The number of sulfone groups is 1. The van der Waals surface area contributed by atoms with Crippen LogP contribution >= 0.6 is 11.6 Å². The van der Waals surface area contributed by atoms with Crippen molar-refractivity contribution in [3.63, 3.8) is 0 Å². The van der Waals surface area contributed by atoms with Crippen LogP contribution in [0.15, 0.2) is 35.5 Å². The first-order valence-electron chi connectivity index (χ1n) is 12.6. The molecule has 1 saturated carbocycles. The molecule has 214 valence electrons. The highest BCUT2D eigenvalue weighted by molar-refractivity contribution is 7.94. The summed E-state index contributed by atoms with van der Waals surface area (Å²) in [5.41, 5.74) is 0.528. The molecule has 9 nitrogen and oxygen atoms in total. The van der Waals surface area contributed by atoms with Crippen LogP contribution in [0.25, 0.3) is 0 Å². The minimum atomic E-state index is -4.25. The second-order valence-corrected chi connectivity index (χ2v) is 12.7. The molecule has 1 aromatic carbocycles. The molecule has 3 saturated heterocycles. The Labute approximate surface area is 229 Å². The molecule has 4 fully saturated rings. The highest BCUT2D eigenvalue weighted by Crippen LogP contribution is 2.49. The molecular weight excluding hydrogens is 561 g/mol. The first-order valence-corrected chi connectivity index (χ1v) is 14.9. The van der Waals surface area contributed by atoms with Crippen LogP contribution in [0.5, 0.6) is 0 Å². The van der Waals surface area contributed by atoms with Crippen molar-refractivity contribution in [3.05, 3.63) is 40.5 Å². The van der Waals surface area contributed by atoms with E-state index in [-0.39, 0.29) is 25.3 Å². The van der Waals surface area contributed by atoms with Gasteiger partial charge in [-0.3, -0.25) is 14.4 Å². The van der Waals surface area contributed by atoms with Crippen LogP contribution in [0.3, 0.4) is 0 Å². The van der Waals surface area contributed by atoms with Gasteiger partial charge < -0.3 is 20.9 Å². The highest BCUT2D eigenvalue weighted by atomic mass is 35.5. The zero-order valence-corrected chi connectivity index (χ0v) is 22.7. The number of amides is 3. The number of benzene rings is 1. The zero-order valence-electron chi connectivity index (χ0n) is 21.1. The molecule has 3 amide bonds. The Morgan fingerprint density at radius 3 is 2.64 bits per heavy atom. The summed E-state index contributed by atoms with van der Waals surface area (Å²) in [5, 5.41) is 6.88. The minimum Gasteiger partial charge on any atom is -0.376 e. The Morgan fingerprint density at radius 2 is 2.03 bits per heavy atom. The van der Waals surface area contributed by atoms with Gasteiger partial charge in [0.15, 0.2) is 0 Å². The third kappa shape index (κ3) is 6.68. The van der Waals surface area contributed by atoms with E-state index in [1.54, 1.807) is 24.3 Å². The van der Waals surface area contributed by atoms with Gasteiger partial charge in [0.05, 0.1) is 18.5 Å². The molecule has 1 aliphatic carbocycles. The van der Waals surface area contributed by atoms with E-state index in [1.165, 1.54) is 0 Å². The fourth-order valence-electron chi connectivity index (χ4n) is 5.63. The van der Waals surface area contributed by atoms with Crippen LogP contribution in [-0.4, -0.2) is 74.4 Å². The number of anilines is 1. The third-order valence-electron chi connectivity index (χ3n) is 7.48. The lowest BCUT2D eigenvalue weighted by molar-refractivity contribution is -0.193. The fraction of sp³-hybridized carbons (Fsp3) is 0.560. The Morgan fingerprint density at radius 1 is 1.28 bits per heavy atom. The summed E-state index contributed by atoms with van der Waals surface area (Å²) >= 11 is 5.97. The molecule has 4 aliphatic rings. The normalized spacial score (nSPS) is 27.2. The maximum atomic E-state index is 15.0. The predicted molar refractivity (Wildman–Crippen MR) is 138 cm³/mol. The average molecular weight is 591 g/mol. The summed E-state index contributed by atoms with van der Waals surface area (Å²) in [6.07, 6.45) is 1.27. The van der Waals surface area contributed by atoms with Gasteiger partial charge in [-0.2, -0.15) is 4.39 Å². The first kappa shape index (κ1) is 29.2. The summed E-state index contributed by atoms with van der Waals surface area (Å²) in [6.45, 7) is 0.0795. The highest BCUT2D eigenvalue weighted by Gasteiger charge is 2.60. The Kier molecular flexibility index (Phi) is 8.50. The molecule has 3 N–H and O–H groups in total. The fourth-order valence-corrected chi connectivity index (χ4v) is 6.23. The Hall–Kier alpha value is -2.80. The largest absolute Gasteiger partial charge is 0.376 e. The van der Waals surface area contributed by atoms with Crippen LogP contribution in [0.4, 0.5) is 18.9 Å². The maximum absolute atomic E-state index is 15.0. The molecule has 0 spiro atoms. The summed E-state index contributed by atoms with van der Waals surface area (Å²) < 4.78 is 67.7. The first-order chi connectivity index (χ1) is 18.3. The van der Waals surface area contributed by atoms with E-state index >= 15 is 0 Å². The molecule has 1 aromatic rings. The smallest absolute Gasteiger partial charge is 0.255 e. The number of piperidine rings is 2. The van der Waals surface area contributed by atoms with E-state index in [4.69, 9.17) is 11.6 Å². The molecule has 5 atom stereocenters. The van der Waals surface area contributed by atoms with Crippen molar-refractivity contribution in [1.82, 2.24) is 15.5 Å². The van der Waals surface area contributed by atoms with Gasteiger partial charge in [-0.1, -0.05) is 17.7 Å². The second-order valence-electron chi connectivity index (χ2n) is 10.3. The van der Waals surface area contributed by atoms with Crippen molar-refractivity contribution in [1.29, 1.82) is 0 Å². The lowest BCUT2D eigenvalue weighted by Gasteiger charge is -2.53. The van der Waals surface area contributed by atoms with Gasteiger partial charge in [-0.25, -0.2) is 17.2 Å². The molecule has 14 heteroatoms. The second kappa shape index (κ2) is 11.4. The van der Waals surface area contributed by atoms with Crippen molar-refractivity contribution < 1.29 is 36.0 Å². The van der Waals surface area contributed by atoms with Crippen molar-refractivity contribution in [3.8, 4) is 0 Å². The van der Waals surface area contributed by atoms with E-state index in [0.29, 0.717) is 42.4 Å². The molecule has 0 unspecified atom stereocenters. The van der Waals surface area contributed by atoms with E-state index in [2.05, 4.69) is 16.0 Å². The molecular formula is C25H30ClF3N4O5S. The predicted octanol–water partition coefficient (Wildman–Crippen LogP) is 2.63. The summed E-state index contributed by atoms with van der Waals surface area (Å²) in [5.74, 6) is -7.20. The van der Waals surface area contributed by atoms with Crippen molar-refractivity contribution >= 4 is 44.8 Å². The molecule has 0 aromatic heterocycles. The van der Waals surface area contributed by atoms with Gasteiger partial charge in [0.1, 0.15) is 6.04 Å². The van der Waals surface area contributed by atoms with Gasteiger partial charge in [0, 0.05) is 41.9 Å². The van der Waals surface area contributed by atoms with E-state index in [9.17, 15) is 36.0 Å². The van der Waals surface area contributed by atoms with Gasteiger partial charge in [0.25, 0.3) is 5.92 Å². The SMILES string of the molecule is CS(=O)(=O)/C(F)=C/[C@H](C[C@H]1CCNC1=O)NC(=O)[C@H]1[C@H]2CC[C@H](CC2(F)F)N1C(=O)CNc1cccc(Cl)c1. The summed E-state index contributed by atoms with van der Waals surface area (Å²) in [4.78, 5) is 40.1. The van der Waals surface area contributed by atoms with E-state index < -0.39 is 69.1 Å². The van der Waals surface area contributed by atoms with Crippen LogP contribution in [0, 0.1) is 11.8 Å². The lowest BCUT2D eigenvalue weighted by atomic mass is 9.71. The summed E-state index contributed by atoms with van der Waals surface area (Å²) in [7, 11) is -4.25. The zero-order chi connectivity index (χ0) is 28.5. The average Bonchev–Trinajstić information content (AvgIpc) is 3.25. The van der Waals surface area contributed by atoms with Gasteiger partial charge in [-0.15, -0.1) is 0 Å². The number of halogens is 4. The van der Waals surface area contributed by atoms with Crippen LogP contribution in [-0.2, 0) is 24.2 Å². The number of hydrogen-bond acceptors (Lipinski definition) is 6. The third-order valence-corrected chi connectivity index (χ3v) is 8.56.